The topological polar surface area (TPSA) is 66.0 Å². The molecule has 1 saturated carbocycles. The summed E-state index contributed by atoms with van der Waals surface area (Å²) >= 11 is 0. The Hall–Kier alpha value is -0.900. The van der Waals surface area contributed by atoms with E-state index in [4.69, 9.17) is 19.2 Å². The van der Waals surface area contributed by atoms with Crippen molar-refractivity contribution < 1.29 is 37.2 Å². The first-order valence-electron chi connectivity index (χ1n) is 9.12. The molecule has 1 aliphatic carbocycles. The predicted octanol–water partition coefficient (Wildman–Crippen LogP) is 3.02. The Balaban J connectivity index is 1.84. The molecule has 0 aromatic heterocycles. The van der Waals surface area contributed by atoms with Gasteiger partial charge in [0.05, 0.1) is 0 Å². The number of hydrogen-bond donors (Lipinski definition) is 1. The Morgan fingerprint density at radius 2 is 1.88 bits per heavy atom. The maximum absolute atomic E-state index is 14.2. The Kier molecular flexibility index (Phi) is 3.95. The van der Waals surface area contributed by atoms with Gasteiger partial charge in [0.2, 0.25) is 17.4 Å². The minimum atomic E-state index is -4.80. The fourth-order valence-corrected chi connectivity index (χ4v) is 5.40. The van der Waals surface area contributed by atoms with Crippen molar-refractivity contribution in [3.05, 3.63) is 0 Å². The third-order valence-electron chi connectivity index (χ3n) is 6.64. The van der Waals surface area contributed by atoms with Crippen molar-refractivity contribution in [3.8, 4) is 0 Å². The third kappa shape index (κ3) is 2.30. The number of halogens is 3. The highest BCUT2D eigenvalue weighted by Crippen LogP contribution is 2.62. The van der Waals surface area contributed by atoms with E-state index in [1.807, 2.05) is 5.32 Å². The van der Waals surface area contributed by atoms with E-state index in [-0.39, 0.29) is 5.92 Å². The average molecular weight is 379 g/mol. The summed E-state index contributed by atoms with van der Waals surface area (Å²) in [6, 6.07) is 0. The number of ether oxygens (including phenoxy) is 2. The quantitative estimate of drug-likeness (QED) is 0.710. The molecule has 5 rings (SSSR count). The smallest absolute Gasteiger partial charge is 0.321 e. The number of amides is 1. The summed E-state index contributed by atoms with van der Waals surface area (Å²) in [5.41, 5.74) is -3.90. The molecule has 4 saturated heterocycles. The van der Waals surface area contributed by atoms with Gasteiger partial charge < -0.3 is 14.8 Å². The van der Waals surface area contributed by atoms with Crippen LogP contribution in [-0.4, -0.2) is 35.5 Å². The maximum Gasteiger partial charge on any atom is 0.437 e. The zero-order chi connectivity index (χ0) is 19.0. The molecule has 6 nitrogen and oxygen atoms in total. The normalized spacial score (nSPS) is 50.7. The van der Waals surface area contributed by atoms with Gasteiger partial charge in [-0.25, -0.2) is 9.78 Å². The number of carbonyl (C=O) groups is 1. The second-order valence-electron chi connectivity index (χ2n) is 8.20. The Morgan fingerprint density at radius 1 is 1.15 bits per heavy atom. The van der Waals surface area contributed by atoms with Crippen LogP contribution in [0, 0.1) is 17.8 Å². The highest BCUT2D eigenvalue weighted by atomic mass is 19.4. The van der Waals surface area contributed by atoms with Crippen molar-refractivity contribution in [1.82, 2.24) is 5.32 Å². The Bertz CT molecular complexity index is 616. The van der Waals surface area contributed by atoms with Gasteiger partial charge in [0.1, 0.15) is 0 Å². The lowest BCUT2D eigenvalue weighted by atomic mass is 9.59. The van der Waals surface area contributed by atoms with E-state index < -0.39 is 47.3 Å². The first kappa shape index (κ1) is 18.5. The molecule has 7 atom stereocenters. The molecular weight excluding hydrogens is 355 g/mol. The lowest BCUT2D eigenvalue weighted by Crippen LogP contribution is -2.78. The van der Waals surface area contributed by atoms with Crippen LogP contribution in [0.25, 0.3) is 0 Å². The molecule has 9 heteroatoms. The number of rotatable bonds is 1. The van der Waals surface area contributed by atoms with Crippen molar-refractivity contribution in [2.75, 3.05) is 0 Å². The molecule has 26 heavy (non-hydrogen) atoms. The van der Waals surface area contributed by atoms with Crippen molar-refractivity contribution in [3.63, 3.8) is 0 Å². The van der Waals surface area contributed by atoms with Crippen LogP contribution in [0.1, 0.15) is 52.9 Å². The summed E-state index contributed by atoms with van der Waals surface area (Å²) in [5, 5.41) is 2.05. The van der Waals surface area contributed by atoms with E-state index in [1.54, 1.807) is 6.92 Å². The van der Waals surface area contributed by atoms with E-state index in [1.165, 1.54) is 6.92 Å². The fourth-order valence-electron chi connectivity index (χ4n) is 5.40. The molecule has 5 fully saturated rings. The molecule has 4 aliphatic heterocycles. The number of alkyl halides is 3. The fraction of sp³-hybridized carbons (Fsp3) is 0.941. The molecule has 0 aromatic rings. The van der Waals surface area contributed by atoms with Crippen LogP contribution in [0.5, 0.6) is 0 Å². The highest BCUT2D eigenvalue weighted by Gasteiger charge is 2.76. The zero-order valence-corrected chi connectivity index (χ0v) is 15.0. The number of fused-ring (bicyclic) bond motifs is 2. The molecule has 148 valence electrons. The Labute approximate surface area is 149 Å². The zero-order valence-electron chi connectivity index (χ0n) is 15.0. The average Bonchev–Trinajstić information content (AvgIpc) is 2.75. The minimum Gasteiger partial charge on any atom is -0.321 e. The lowest BCUT2D eigenvalue weighted by Gasteiger charge is -2.62. The van der Waals surface area contributed by atoms with E-state index in [0.29, 0.717) is 12.8 Å². The van der Waals surface area contributed by atoms with Gasteiger partial charge in [0.15, 0.2) is 11.9 Å². The van der Waals surface area contributed by atoms with E-state index >= 15 is 0 Å². The number of carbonyl (C=O) groups excluding carboxylic acids is 1. The molecule has 2 bridgehead atoms. The number of hydrogen-bond acceptors (Lipinski definition) is 5. The van der Waals surface area contributed by atoms with Crippen molar-refractivity contribution >= 4 is 5.91 Å². The maximum atomic E-state index is 14.2. The molecule has 1 unspecified atom stereocenters. The van der Waals surface area contributed by atoms with Gasteiger partial charge in [-0.1, -0.05) is 13.3 Å². The van der Waals surface area contributed by atoms with Crippen molar-refractivity contribution in [2.45, 2.75) is 82.5 Å². The molecule has 4 heterocycles. The van der Waals surface area contributed by atoms with Crippen LogP contribution in [-0.2, 0) is 24.0 Å². The minimum absolute atomic E-state index is 0.0124. The van der Waals surface area contributed by atoms with Crippen LogP contribution in [0.3, 0.4) is 0 Å². The van der Waals surface area contributed by atoms with Crippen LogP contribution in [0.2, 0.25) is 0 Å². The molecular formula is C17H24F3NO5. The van der Waals surface area contributed by atoms with E-state index in [0.717, 1.165) is 26.2 Å². The van der Waals surface area contributed by atoms with Gasteiger partial charge in [-0.15, -0.1) is 0 Å². The van der Waals surface area contributed by atoms with Gasteiger partial charge in [0, 0.05) is 25.2 Å². The second kappa shape index (κ2) is 5.56. The third-order valence-corrected chi connectivity index (χ3v) is 6.64. The summed E-state index contributed by atoms with van der Waals surface area (Å²) in [4.78, 5) is 23.0. The highest BCUT2D eigenvalue weighted by molar-refractivity contribution is 5.73. The summed E-state index contributed by atoms with van der Waals surface area (Å²) < 4.78 is 54.0. The second-order valence-corrected chi connectivity index (χ2v) is 8.20. The largest absolute Gasteiger partial charge is 0.437 e. The molecule has 1 spiro atoms. The lowest BCUT2D eigenvalue weighted by molar-refractivity contribution is -0.583. The van der Waals surface area contributed by atoms with Crippen LogP contribution in [0.4, 0.5) is 13.2 Å². The summed E-state index contributed by atoms with van der Waals surface area (Å²) in [7, 11) is 0. The van der Waals surface area contributed by atoms with Gasteiger partial charge in [-0.3, -0.25) is 4.79 Å². The summed E-state index contributed by atoms with van der Waals surface area (Å²) in [5.74, 6) is -3.55. The summed E-state index contributed by atoms with van der Waals surface area (Å²) in [6.45, 7) is 4.16. The van der Waals surface area contributed by atoms with Crippen LogP contribution >= 0.6 is 0 Å². The van der Waals surface area contributed by atoms with Crippen LogP contribution < -0.4 is 5.32 Å². The summed E-state index contributed by atoms with van der Waals surface area (Å²) in [6.07, 6.45) is -2.67. The molecule has 5 aliphatic rings. The van der Waals surface area contributed by atoms with E-state index in [9.17, 15) is 18.0 Å². The molecule has 1 amide bonds. The predicted molar refractivity (Wildman–Crippen MR) is 81.1 cm³/mol. The van der Waals surface area contributed by atoms with Crippen molar-refractivity contribution in [1.29, 1.82) is 0 Å². The van der Waals surface area contributed by atoms with Crippen molar-refractivity contribution in [2.24, 2.45) is 17.8 Å². The molecule has 0 radical (unpaired) electrons. The monoisotopic (exact) mass is 379 g/mol. The Morgan fingerprint density at radius 3 is 2.54 bits per heavy atom. The SMILES string of the molecule is CC(=O)N[C@@]1(C(F)(F)F)O[C@@H]2O[C@]3(C)CCC4CCC[C@@H]([C@H]1C)[C@]42OO3. The van der Waals surface area contributed by atoms with Crippen LogP contribution in [0.15, 0.2) is 0 Å². The van der Waals surface area contributed by atoms with Gasteiger partial charge in [0.25, 0.3) is 0 Å². The first-order chi connectivity index (χ1) is 12.0. The first-order valence-corrected chi connectivity index (χ1v) is 9.12. The van der Waals surface area contributed by atoms with Gasteiger partial charge in [-0.05, 0) is 32.1 Å². The molecule has 1 N–H and O–H groups in total. The molecule has 0 aromatic carbocycles. The standard InChI is InChI=1S/C17H24F3NO5/c1-9-12-6-4-5-11-7-8-14(3)23-13(15(11,12)26-25-14)24-16(9,17(18,19)20)21-10(2)22/h9,11-13H,4-8H2,1-3H3,(H,21,22)/t9-,11?,12+,13+,14+,15-,16-/m1/s1. The van der Waals surface area contributed by atoms with Gasteiger partial charge in [-0.2, -0.15) is 13.2 Å². The number of nitrogens with one attached hydrogen (secondary N) is 1. The van der Waals surface area contributed by atoms with Gasteiger partial charge >= 0.3 is 6.18 Å². The van der Waals surface area contributed by atoms with E-state index in [2.05, 4.69) is 0 Å².